The molecule has 0 amide bonds. The van der Waals surface area contributed by atoms with Crippen molar-refractivity contribution < 1.29 is 34.4 Å². The summed E-state index contributed by atoms with van der Waals surface area (Å²) in [5.41, 5.74) is 0. The number of ether oxygens (including phenoxy) is 2. The highest BCUT2D eigenvalue weighted by atomic mass is 16.5. The number of hydrogen-bond donors (Lipinski definition) is 3. The second-order valence-electron chi connectivity index (χ2n) is 3.45. The average Bonchev–Trinajstić information content (AvgIpc) is 2.26. The highest BCUT2D eigenvalue weighted by molar-refractivity contribution is 5.72. The van der Waals surface area contributed by atoms with E-state index in [4.69, 9.17) is 24.8 Å². The summed E-state index contributed by atoms with van der Waals surface area (Å²) < 4.78 is 10.1. The number of hydrogen-bond acceptors (Lipinski definition) is 6. The largest absolute Gasteiger partial charge is 0.480 e. The molecule has 0 aromatic rings. The number of aliphatic hydroxyl groups excluding tert-OH is 1. The minimum absolute atomic E-state index is 0.0506. The molecular formula is C10H19NO7. The van der Waals surface area contributed by atoms with Crippen molar-refractivity contribution in [1.82, 2.24) is 4.90 Å². The fourth-order valence-corrected chi connectivity index (χ4v) is 1.18. The van der Waals surface area contributed by atoms with Gasteiger partial charge in [-0.2, -0.15) is 0 Å². The number of nitrogens with zero attached hydrogens (tertiary/aromatic N) is 1. The van der Waals surface area contributed by atoms with E-state index >= 15 is 0 Å². The first-order valence-electron chi connectivity index (χ1n) is 5.48. The van der Waals surface area contributed by atoms with Crippen LogP contribution in [0, 0.1) is 0 Å². The summed E-state index contributed by atoms with van der Waals surface area (Å²) in [4.78, 5) is 22.2. The minimum atomic E-state index is -1.08. The van der Waals surface area contributed by atoms with E-state index < -0.39 is 11.9 Å². The van der Waals surface area contributed by atoms with Crippen LogP contribution in [0.3, 0.4) is 0 Å². The molecule has 8 heteroatoms. The lowest BCUT2D eigenvalue weighted by Gasteiger charge is -2.17. The van der Waals surface area contributed by atoms with Crippen LogP contribution in [-0.2, 0) is 19.1 Å². The maximum absolute atomic E-state index is 10.5. The Balaban J connectivity index is 3.62. The first-order valence-corrected chi connectivity index (χ1v) is 5.48. The molecule has 0 saturated carbocycles. The van der Waals surface area contributed by atoms with Gasteiger partial charge in [0.2, 0.25) is 0 Å². The van der Waals surface area contributed by atoms with E-state index in [0.717, 1.165) is 0 Å². The fourth-order valence-electron chi connectivity index (χ4n) is 1.18. The summed E-state index contributed by atoms with van der Waals surface area (Å²) in [6, 6.07) is 0. The molecule has 0 aromatic carbocycles. The number of aliphatic carboxylic acids is 2. The zero-order chi connectivity index (χ0) is 13.8. The van der Waals surface area contributed by atoms with Gasteiger partial charge in [0.25, 0.3) is 0 Å². The molecule has 0 spiro atoms. The van der Waals surface area contributed by atoms with Crippen LogP contribution in [-0.4, -0.2) is 84.8 Å². The Morgan fingerprint density at radius 3 is 1.83 bits per heavy atom. The molecule has 18 heavy (non-hydrogen) atoms. The van der Waals surface area contributed by atoms with Crippen LogP contribution in [0.2, 0.25) is 0 Å². The van der Waals surface area contributed by atoms with Crippen LogP contribution in [0.5, 0.6) is 0 Å². The molecule has 0 atom stereocenters. The topological polar surface area (TPSA) is 117 Å². The molecule has 0 fully saturated rings. The van der Waals surface area contributed by atoms with Gasteiger partial charge in [-0.1, -0.05) is 0 Å². The van der Waals surface area contributed by atoms with Crippen molar-refractivity contribution in [3.8, 4) is 0 Å². The molecule has 0 aliphatic rings. The SMILES string of the molecule is O=C(O)CN(CCOCCOCCO)CC(=O)O. The minimum Gasteiger partial charge on any atom is -0.480 e. The van der Waals surface area contributed by atoms with Gasteiger partial charge in [-0.25, -0.2) is 0 Å². The van der Waals surface area contributed by atoms with Gasteiger partial charge < -0.3 is 24.8 Å². The fraction of sp³-hybridized carbons (Fsp3) is 0.800. The Morgan fingerprint density at radius 2 is 1.39 bits per heavy atom. The number of carboxylic acid groups (broad SMARTS) is 2. The van der Waals surface area contributed by atoms with Crippen molar-refractivity contribution in [2.24, 2.45) is 0 Å². The van der Waals surface area contributed by atoms with Crippen molar-refractivity contribution >= 4 is 11.9 Å². The molecule has 0 aliphatic carbocycles. The Morgan fingerprint density at radius 1 is 0.889 bits per heavy atom. The van der Waals surface area contributed by atoms with Gasteiger partial charge in [0.15, 0.2) is 0 Å². The van der Waals surface area contributed by atoms with Crippen LogP contribution in [0.15, 0.2) is 0 Å². The molecule has 3 N–H and O–H groups in total. The smallest absolute Gasteiger partial charge is 0.317 e. The monoisotopic (exact) mass is 265 g/mol. The Kier molecular flexibility index (Phi) is 10.2. The zero-order valence-corrected chi connectivity index (χ0v) is 10.1. The molecule has 0 rings (SSSR count). The lowest BCUT2D eigenvalue weighted by molar-refractivity contribution is -0.142. The number of carbonyl (C=O) groups is 2. The van der Waals surface area contributed by atoms with Gasteiger partial charge >= 0.3 is 11.9 Å². The standard InChI is InChI=1S/C10H19NO7/c12-2-4-18-6-5-17-3-1-11(7-9(13)14)8-10(15)16/h12H,1-8H2,(H,13,14)(H,15,16). The highest BCUT2D eigenvalue weighted by Gasteiger charge is 2.12. The molecule has 0 heterocycles. The summed E-state index contributed by atoms with van der Waals surface area (Å²) in [7, 11) is 0. The van der Waals surface area contributed by atoms with Crippen LogP contribution >= 0.6 is 0 Å². The third kappa shape index (κ3) is 11.3. The van der Waals surface area contributed by atoms with Crippen molar-refractivity contribution in [3.63, 3.8) is 0 Å². The van der Waals surface area contributed by atoms with Crippen molar-refractivity contribution in [2.45, 2.75) is 0 Å². The molecule has 0 aromatic heterocycles. The summed E-state index contributed by atoms with van der Waals surface area (Å²) in [5.74, 6) is -2.16. The maximum Gasteiger partial charge on any atom is 0.317 e. The van der Waals surface area contributed by atoms with E-state index in [-0.39, 0.29) is 39.5 Å². The molecule has 0 saturated heterocycles. The summed E-state index contributed by atoms with van der Waals surface area (Å²) in [6.07, 6.45) is 0. The average molecular weight is 265 g/mol. The van der Waals surface area contributed by atoms with Crippen molar-refractivity contribution in [1.29, 1.82) is 0 Å². The Bertz CT molecular complexity index is 230. The first kappa shape index (κ1) is 16.8. The molecule has 0 bridgehead atoms. The lowest BCUT2D eigenvalue weighted by Crippen LogP contribution is -2.37. The molecular weight excluding hydrogens is 246 g/mol. The predicted octanol–water partition coefficient (Wildman–Crippen LogP) is -1.52. The van der Waals surface area contributed by atoms with Crippen molar-refractivity contribution in [2.75, 3.05) is 52.7 Å². The maximum atomic E-state index is 10.5. The molecule has 0 radical (unpaired) electrons. The summed E-state index contributed by atoms with van der Waals surface area (Å²) in [6.45, 7) is 0.611. The van der Waals surface area contributed by atoms with E-state index in [0.29, 0.717) is 13.2 Å². The van der Waals surface area contributed by atoms with Gasteiger partial charge in [-0.05, 0) is 0 Å². The zero-order valence-electron chi connectivity index (χ0n) is 10.1. The number of aliphatic hydroxyl groups is 1. The molecule has 106 valence electrons. The van der Waals surface area contributed by atoms with Crippen LogP contribution in [0.25, 0.3) is 0 Å². The van der Waals surface area contributed by atoms with Crippen molar-refractivity contribution in [3.05, 3.63) is 0 Å². The second kappa shape index (κ2) is 10.9. The van der Waals surface area contributed by atoms with Crippen LogP contribution < -0.4 is 0 Å². The van der Waals surface area contributed by atoms with E-state index in [1.165, 1.54) is 4.90 Å². The second-order valence-corrected chi connectivity index (χ2v) is 3.45. The van der Waals surface area contributed by atoms with E-state index in [1.54, 1.807) is 0 Å². The number of carboxylic acids is 2. The quantitative estimate of drug-likeness (QED) is 0.364. The molecule has 0 unspecified atom stereocenters. The lowest BCUT2D eigenvalue weighted by atomic mass is 10.4. The van der Waals surface area contributed by atoms with E-state index in [2.05, 4.69) is 0 Å². The number of rotatable bonds is 12. The molecule has 8 nitrogen and oxygen atoms in total. The highest BCUT2D eigenvalue weighted by Crippen LogP contribution is 1.89. The summed E-state index contributed by atoms with van der Waals surface area (Å²) >= 11 is 0. The Hall–Kier alpha value is -1.22. The normalized spacial score (nSPS) is 10.8. The van der Waals surface area contributed by atoms with E-state index in [9.17, 15) is 9.59 Å². The van der Waals surface area contributed by atoms with Crippen LogP contribution in [0.4, 0.5) is 0 Å². The predicted molar refractivity (Wildman–Crippen MR) is 60.4 cm³/mol. The van der Waals surface area contributed by atoms with Gasteiger partial charge in [-0.15, -0.1) is 0 Å². The van der Waals surface area contributed by atoms with Gasteiger partial charge in [0.05, 0.1) is 46.1 Å². The van der Waals surface area contributed by atoms with Gasteiger partial charge in [0.1, 0.15) is 0 Å². The Labute approximate surface area is 105 Å². The van der Waals surface area contributed by atoms with Crippen LogP contribution in [0.1, 0.15) is 0 Å². The molecule has 0 aliphatic heterocycles. The van der Waals surface area contributed by atoms with Gasteiger partial charge in [0, 0.05) is 6.54 Å². The third-order valence-corrected chi connectivity index (χ3v) is 1.88. The van der Waals surface area contributed by atoms with Gasteiger partial charge in [-0.3, -0.25) is 14.5 Å². The first-order chi connectivity index (χ1) is 8.56. The summed E-state index contributed by atoms with van der Waals surface area (Å²) in [5, 5.41) is 25.6. The van der Waals surface area contributed by atoms with E-state index in [1.807, 2.05) is 0 Å². The third-order valence-electron chi connectivity index (χ3n) is 1.88.